The van der Waals surface area contributed by atoms with E-state index in [2.05, 4.69) is 31.2 Å². The summed E-state index contributed by atoms with van der Waals surface area (Å²) in [7, 11) is 0. The highest BCUT2D eigenvalue weighted by molar-refractivity contribution is 14.1. The van der Waals surface area contributed by atoms with Gasteiger partial charge in [-0.15, -0.1) is 0 Å². The summed E-state index contributed by atoms with van der Waals surface area (Å²) in [6.45, 7) is 0. The highest BCUT2D eigenvalue weighted by Crippen LogP contribution is 2.23. The van der Waals surface area contributed by atoms with Crippen LogP contribution in [0.1, 0.15) is 0 Å². The van der Waals surface area contributed by atoms with E-state index in [1.54, 1.807) is 12.1 Å². The van der Waals surface area contributed by atoms with E-state index in [0.717, 1.165) is 4.47 Å². The number of hydrogen-bond acceptors (Lipinski definition) is 3. The average molecular weight is 410 g/mol. The number of H-pyrrole nitrogens is 1. The topological polar surface area (TPSA) is 57.8 Å². The average Bonchev–Trinajstić information content (AvgIpc) is 2.30. The summed E-state index contributed by atoms with van der Waals surface area (Å²) in [5, 5.41) is 2.78. The molecule has 0 saturated carbocycles. The Hall–Kier alpha value is -0.960. The Balaban J connectivity index is 2.41. The van der Waals surface area contributed by atoms with Crippen LogP contribution in [0.5, 0.6) is 0 Å². The molecule has 88 valence electrons. The van der Waals surface area contributed by atoms with Gasteiger partial charge in [0, 0.05) is 4.47 Å². The summed E-state index contributed by atoms with van der Waals surface area (Å²) in [4.78, 5) is 17.7. The summed E-state index contributed by atoms with van der Waals surface area (Å²) in [6.07, 6.45) is 1.27. The molecule has 17 heavy (non-hydrogen) atoms. The molecule has 0 amide bonds. The molecule has 0 unspecified atom stereocenters. The molecule has 0 fully saturated rings. The maximum absolute atomic E-state index is 13.5. The van der Waals surface area contributed by atoms with Crippen LogP contribution in [0.2, 0.25) is 0 Å². The number of nitrogens with zero attached hydrogens (tertiary/aromatic N) is 1. The van der Waals surface area contributed by atoms with Gasteiger partial charge in [0.2, 0.25) is 0 Å². The molecule has 0 atom stereocenters. The van der Waals surface area contributed by atoms with Gasteiger partial charge < -0.3 is 10.3 Å². The van der Waals surface area contributed by atoms with E-state index < -0.39 is 5.82 Å². The summed E-state index contributed by atoms with van der Waals surface area (Å²) in [5.41, 5.74) is -0.00565. The Morgan fingerprint density at radius 3 is 3.00 bits per heavy atom. The highest BCUT2D eigenvalue weighted by Gasteiger charge is 2.08. The van der Waals surface area contributed by atoms with Gasteiger partial charge in [0.1, 0.15) is 9.39 Å². The molecule has 2 N–H and O–H groups in total. The fourth-order valence-corrected chi connectivity index (χ4v) is 1.98. The molecule has 0 bridgehead atoms. The normalized spacial score (nSPS) is 10.3. The van der Waals surface area contributed by atoms with Crippen molar-refractivity contribution < 1.29 is 4.39 Å². The lowest BCUT2D eigenvalue weighted by Gasteiger charge is -2.07. The zero-order valence-electron chi connectivity index (χ0n) is 8.30. The monoisotopic (exact) mass is 409 g/mol. The van der Waals surface area contributed by atoms with Crippen LogP contribution in [0.25, 0.3) is 0 Å². The quantitative estimate of drug-likeness (QED) is 0.749. The maximum Gasteiger partial charge on any atom is 0.266 e. The molecule has 0 radical (unpaired) electrons. The molecular formula is C10H6BrFIN3O. The first kappa shape index (κ1) is 12.5. The van der Waals surface area contributed by atoms with Crippen molar-refractivity contribution in [2.75, 3.05) is 5.32 Å². The standard InChI is InChI=1S/C10H6BrFIN3O/c11-5-1-2-6(12)7(3-5)16-9-8(13)10(17)15-4-14-9/h1-4H,(H2,14,15,16,17). The van der Waals surface area contributed by atoms with Crippen LogP contribution in [-0.2, 0) is 0 Å². The van der Waals surface area contributed by atoms with Crippen molar-refractivity contribution in [3.8, 4) is 0 Å². The molecule has 1 aromatic heterocycles. The van der Waals surface area contributed by atoms with E-state index in [-0.39, 0.29) is 11.2 Å². The SMILES string of the molecule is O=c1[nH]cnc(Nc2cc(Br)ccc2F)c1I. The van der Waals surface area contributed by atoms with Crippen molar-refractivity contribution in [3.05, 3.63) is 48.7 Å². The molecule has 2 aromatic rings. The third-order valence-electron chi connectivity index (χ3n) is 1.98. The number of rotatable bonds is 2. The number of anilines is 2. The van der Waals surface area contributed by atoms with Gasteiger partial charge in [-0.2, -0.15) is 0 Å². The minimum atomic E-state index is -0.411. The molecular weight excluding hydrogens is 404 g/mol. The predicted octanol–water partition coefficient (Wildman–Crippen LogP) is 3.02. The number of hydrogen-bond donors (Lipinski definition) is 2. The second kappa shape index (κ2) is 5.13. The number of benzene rings is 1. The van der Waals surface area contributed by atoms with Gasteiger partial charge in [0.25, 0.3) is 5.56 Å². The molecule has 4 nitrogen and oxygen atoms in total. The molecule has 0 aliphatic carbocycles. The molecule has 1 aromatic carbocycles. The highest BCUT2D eigenvalue weighted by atomic mass is 127. The summed E-state index contributed by atoms with van der Waals surface area (Å²) < 4.78 is 14.6. The smallest absolute Gasteiger partial charge is 0.266 e. The zero-order valence-corrected chi connectivity index (χ0v) is 12.0. The van der Waals surface area contributed by atoms with Crippen LogP contribution in [0, 0.1) is 9.39 Å². The summed E-state index contributed by atoms with van der Waals surface area (Å²) >= 11 is 5.09. The van der Waals surface area contributed by atoms with E-state index >= 15 is 0 Å². The minimum absolute atomic E-state index is 0.260. The number of halogens is 3. The molecule has 2 rings (SSSR count). The largest absolute Gasteiger partial charge is 0.337 e. The van der Waals surface area contributed by atoms with Crippen LogP contribution in [-0.4, -0.2) is 9.97 Å². The minimum Gasteiger partial charge on any atom is -0.337 e. The summed E-state index contributed by atoms with van der Waals surface area (Å²) in [6, 6.07) is 4.50. The van der Waals surface area contributed by atoms with E-state index in [1.165, 1.54) is 12.4 Å². The van der Waals surface area contributed by atoms with Crippen LogP contribution >= 0.6 is 38.5 Å². The first-order chi connectivity index (χ1) is 8.08. The van der Waals surface area contributed by atoms with Gasteiger partial charge in [0.15, 0.2) is 5.82 Å². The Kier molecular flexibility index (Phi) is 3.77. The van der Waals surface area contributed by atoms with Gasteiger partial charge in [-0.3, -0.25) is 4.79 Å². The van der Waals surface area contributed by atoms with E-state index in [0.29, 0.717) is 9.39 Å². The third-order valence-corrected chi connectivity index (χ3v) is 3.47. The van der Waals surface area contributed by atoms with Crippen LogP contribution < -0.4 is 10.9 Å². The van der Waals surface area contributed by atoms with Crippen LogP contribution in [0.3, 0.4) is 0 Å². The van der Waals surface area contributed by atoms with Gasteiger partial charge >= 0.3 is 0 Å². The van der Waals surface area contributed by atoms with Gasteiger partial charge in [-0.1, -0.05) is 15.9 Å². The number of nitrogens with one attached hydrogen (secondary N) is 2. The van der Waals surface area contributed by atoms with Crippen molar-refractivity contribution in [3.63, 3.8) is 0 Å². The van der Waals surface area contributed by atoms with Gasteiger partial charge in [0.05, 0.1) is 12.0 Å². The number of aromatic nitrogens is 2. The van der Waals surface area contributed by atoms with E-state index in [1.807, 2.05) is 22.6 Å². The molecule has 0 spiro atoms. The van der Waals surface area contributed by atoms with Crippen LogP contribution in [0.15, 0.2) is 33.8 Å². The molecule has 7 heteroatoms. The fraction of sp³-hybridized carbons (Fsp3) is 0. The van der Waals surface area contributed by atoms with Crippen molar-refractivity contribution in [2.24, 2.45) is 0 Å². The molecule has 0 aliphatic heterocycles. The van der Waals surface area contributed by atoms with Crippen LogP contribution in [0.4, 0.5) is 15.9 Å². The predicted molar refractivity (Wildman–Crippen MR) is 75.0 cm³/mol. The lowest BCUT2D eigenvalue weighted by Crippen LogP contribution is -2.13. The lowest BCUT2D eigenvalue weighted by molar-refractivity contribution is 0.631. The second-order valence-corrected chi connectivity index (χ2v) is 5.14. The van der Waals surface area contributed by atoms with Crippen molar-refractivity contribution in [1.29, 1.82) is 0 Å². The Morgan fingerprint density at radius 1 is 1.47 bits per heavy atom. The van der Waals surface area contributed by atoms with Gasteiger partial charge in [-0.05, 0) is 40.8 Å². The Labute approximate surface area is 118 Å². The fourth-order valence-electron chi connectivity index (χ4n) is 1.19. The van der Waals surface area contributed by atoms with Crippen molar-refractivity contribution in [2.45, 2.75) is 0 Å². The number of aromatic amines is 1. The van der Waals surface area contributed by atoms with E-state index in [9.17, 15) is 9.18 Å². The Morgan fingerprint density at radius 2 is 2.24 bits per heavy atom. The first-order valence-corrected chi connectivity index (χ1v) is 6.40. The van der Waals surface area contributed by atoms with Gasteiger partial charge in [-0.25, -0.2) is 9.37 Å². The van der Waals surface area contributed by atoms with Crippen molar-refractivity contribution in [1.82, 2.24) is 9.97 Å². The maximum atomic E-state index is 13.5. The molecule has 1 heterocycles. The summed E-state index contributed by atoms with van der Waals surface area (Å²) in [5.74, 6) is -0.0857. The lowest BCUT2D eigenvalue weighted by atomic mass is 10.3. The second-order valence-electron chi connectivity index (χ2n) is 3.14. The molecule has 0 saturated heterocycles. The third kappa shape index (κ3) is 2.83. The zero-order chi connectivity index (χ0) is 12.4. The first-order valence-electron chi connectivity index (χ1n) is 4.53. The van der Waals surface area contributed by atoms with E-state index in [4.69, 9.17) is 0 Å². The molecule has 0 aliphatic rings. The van der Waals surface area contributed by atoms with Crippen molar-refractivity contribution >= 4 is 50.0 Å². The Bertz CT molecular complexity index is 617.